The first-order chi connectivity index (χ1) is 31.9. The molecule has 1 aliphatic carbocycles. The van der Waals surface area contributed by atoms with Crippen molar-refractivity contribution in [3.05, 3.63) is 217 Å². The van der Waals surface area contributed by atoms with E-state index >= 15 is 0 Å². The number of allylic oxidation sites excluding steroid dienone is 2. The SMILES string of the molecule is FC(F)(F)c1ccc(C2=C3C=CC=CC3NC(n3c4ccccc4c4cc(-c5ccc6oc7cccc(-c8ccc9c(c8)c8ccccc8n9-c8ccccc8)c7c6c5)ccc43)=N2)cc1. The Balaban J connectivity index is 0.935. The first kappa shape index (κ1) is 37.2. The van der Waals surface area contributed by atoms with Crippen LogP contribution < -0.4 is 5.32 Å². The number of fused-ring (bicyclic) bond motifs is 10. The molecule has 65 heavy (non-hydrogen) atoms. The molecule has 0 saturated heterocycles. The molecule has 0 saturated carbocycles. The van der Waals surface area contributed by atoms with Gasteiger partial charge in [0.05, 0.1) is 39.4 Å². The Morgan fingerprint density at radius 1 is 0.508 bits per heavy atom. The van der Waals surface area contributed by atoms with Crippen molar-refractivity contribution in [2.24, 2.45) is 4.99 Å². The topological polar surface area (TPSA) is 47.4 Å². The maximum atomic E-state index is 13.6. The van der Waals surface area contributed by atoms with Gasteiger partial charge in [0.25, 0.3) is 0 Å². The van der Waals surface area contributed by atoms with Gasteiger partial charge in [0.2, 0.25) is 5.96 Å². The Labute approximate surface area is 370 Å². The van der Waals surface area contributed by atoms with Crippen LogP contribution in [0.5, 0.6) is 0 Å². The molecule has 0 spiro atoms. The number of halogens is 3. The van der Waals surface area contributed by atoms with Crippen molar-refractivity contribution in [3.8, 4) is 27.9 Å². The van der Waals surface area contributed by atoms with E-state index in [-0.39, 0.29) is 6.04 Å². The summed E-state index contributed by atoms with van der Waals surface area (Å²) in [5, 5.41) is 10.2. The van der Waals surface area contributed by atoms with E-state index < -0.39 is 11.7 Å². The van der Waals surface area contributed by atoms with Crippen molar-refractivity contribution in [1.29, 1.82) is 0 Å². The summed E-state index contributed by atoms with van der Waals surface area (Å²) in [4.78, 5) is 5.16. The van der Waals surface area contributed by atoms with Gasteiger partial charge in [0.1, 0.15) is 11.2 Å². The third-order valence-electron chi connectivity index (χ3n) is 13.0. The van der Waals surface area contributed by atoms with Gasteiger partial charge in [-0.05, 0) is 101 Å². The summed E-state index contributed by atoms with van der Waals surface area (Å²) in [6, 6.07) is 58.4. The average molecular weight is 849 g/mol. The number of hydrogen-bond acceptors (Lipinski definition) is 3. The Hall–Kier alpha value is -8.36. The van der Waals surface area contributed by atoms with E-state index in [0.717, 1.165) is 94.9 Å². The van der Waals surface area contributed by atoms with Gasteiger partial charge in [-0.15, -0.1) is 0 Å². The van der Waals surface area contributed by atoms with Crippen LogP contribution in [-0.2, 0) is 6.18 Å². The number of para-hydroxylation sites is 3. The van der Waals surface area contributed by atoms with Crippen molar-refractivity contribution >= 4 is 77.2 Å². The molecule has 310 valence electrons. The third-order valence-corrected chi connectivity index (χ3v) is 13.0. The van der Waals surface area contributed by atoms with Crippen LogP contribution in [0.15, 0.2) is 215 Å². The molecule has 1 unspecified atom stereocenters. The van der Waals surface area contributed by atoms with Gasteiger partial charge >= 0.3 is 6.18 Å². The molecule has 1 N–H and O–H groups in total. The summed E-state index contributed by atoms with van der Waals surface area (Å²) in [6.45, 7) is 0. The molecule has 2 aliphatic rings. The van der Waals surface area contributed by atoms with Crippen molar-refractivity contribution in [2.75, 3.05) is 0 Å². The monoisotopic (exact) mass is 848 g/mol. The minimum atomic E-state index is -4.43. The molecule has 0 bridgehead atoms. The zero-order valence-corrected chi connectivity index (χ0v) is 34.5. The van der Waals surface area contributed by atoms with E-state index in [1.165, 1.54) is 28.4 Å². The molecule has 1 aliphatic heterocycles. The smallest absolute Gasteiger partial charge is 0.416 e. The number of benzene rings is 8. The summed E-state index contributed by atoms with van der Waals surface area (Å²) < 4.78 is 51.7. The van der Waals surface area contributed by atoms with E-state index in [0.29, 0.717) is 17.2 Å². The minimum Gasteiger partial charge on any atom is -0.456 e. The highest BCUT2D eigenvalue weighted by atomic mass is 19.4. The maximum Gasteiger partial charge on any atom is 0.416 e. The van der Waals surface area contributed by atoms with Gasteiger partial charge < -0.3 is 14.3 Å². The lowest BCUT2D eigenvalue weighted by atomic mass is 9.95. The second kappa shape index (κ2) is 14.1. The van der Waals surface area contributed by atoms with E-state index in [2.05, 4.69) is 142 Å². The van der Waals surface area contributed by atoms with Crippen LogP contribution in [0, 0.1) is 0 Å². The standard InChI is InChI=1S/C57H35F3N4O/c58-57(59,60)38-26-21-34(22-27-38)55-43-15-4-7-17-47(43)61-56(62-55)64-49-19-9-6-14-42(49)44-31-35(23-28-51(44)64)36-25-30-52-46(32-36)54-40(16-10-20-53(54)65-52)37-24-29-50-45(33-37)41-13-5-8-18-48(41)63(50)39-11-2-1-3-12-39/h1-33,47H,(H,61,62). The largest absolute Gasteiger partial charge is 0.456 e. The van der Waals surface area contributed by atoms with Crippen LogP contribution in [0.2, 0.25) is 0 Å². The van der Waals surface area contributed by atoms with Crippen LogP contribution in [0.25, 0.3) is 99.2 Å². The van der Waals surface area contributed by atoms with Crippen LogP contribution in [0.4, 0.5) is 13.2 Å². The fourth-order valence-electron chi connectivity index (χ4n) is 10.0. The lowest BCUT2D eigenvalue weighted by molar-refractivity contribution is -0.137. The van der Waals surface area contributed by atoms with E-state index in [1.54, 1.807) is 0 Å². The molecular formula is C57H35F3N4O. The van der Waals surface area contributed by atoms with E-state index in [1.807, 2.05) is 48.6 Å². The number of alkyl halides is 3. The van der Waals surface area contributed by atoms with Gasteiger partial charge in [-0.1, -0.05) is 121 Å². The number of nitrogens with zero attached hydrogens (tertiary/aromatic N) is 3. The van der Waals surface area contributed by atoms with Crippen molar-refractivity contribution in [2.45, 2.75) is 12.2 Å². The maximum absolute atomic E-state index is 13.6. The number of hydrogen-bond donors (Lipinski definition) is 1. The zero-order chi connectivity index (χ0) is 43.4. The fraction of sp³-hybridized carbons (Fsp3) is 0.0351. The van der Waals surface area contributed by atoms with E-state index in [4.69, 9.17) is 9.41 Å². The summed E-state index contributed by atoms with van der Waals surface area (Å²) in [6.07, 6.45) is 3.48. The minimum absolute atomic E-state index is 0.224. The first-order valence-corrected chi connectivity index (χ1v) is 21.6. The third kappa shape index (κ3) is 5.83. The van der Waals surface area contributed by atoms with Gasteiger partial charge in [-0.2, -0.15) is 13.2 Å². The van der Waals surface area contributed by atoms with Gasteiger partial charge in [0.15, 0.2) is 0 Å². The van der Waals surface area contributed by atoms with Crippen LogP contribution in [0.1, 0.15) is 11.1 Å². The van der Waals surface area contributed by atoms with Gasteiger partial charge in [-0.25, -0.2) is 4.99 Å². The number of rotatable bonds is 4. The second-order valence-electron chi connectivity index (χ2n) is 16.7. The zero-order valence-electron chi connectivity index (χ0n) is 34.5. The highest BCUT2D eigenvalue weighted by molar-refractivity contribution is 6.18. The Morgan fingerprint density at radius 3 is 1.88 bits per heavy atom. The Morgan fingerprint density at radius 2 is 1.12 bits per heavy atom. The van der Waals surface area contributed by atoms with E-state index in [9.17, 15) is 13.2 Å². The Bertz CT molecular complexity index is 3900. The van der Waals surface area contributed by atoms with Crippen LogP contribution >= 0.6 is 0 Å². The molecule has 4 heterocycles. The van der Waals surface area contributed by atoms with Crippen molar-refractivity contribution < 1.29 is 17.6 Å². The van der Waals surface area contributed by atoms with Crippen LogP contribution in [-0.4, -0.2) is 21.1 Å². The molecular weight excluding hydrogens is 814 g/mol. The second-order valence-corrected chi connectivity index (χ2v) is 16.7. The molecule has 11 aromatic rings. The lowest BCUT2D eigenvalue weighted by Gasteiger charge is -2.28. The fourth-order valence-corrected chi connectivity index (χ4v) is 10.0. The summed E-state index contributed by atoms with van der Waals surface area (Å²) in [7, 11) is 0. The molecule has 13 rings (SSSR count). The molecule has 1 atom stereocenters. The molecule has 8 heteroatoms. The summed E-state index contributed by atoms with van der Waals surface area (Å²) >= 11 is 0. The number of nitrogens with one attached hydrogen (secondary N) is 1. The quantitative estimate of drug-likeness (QED) is 0.192. The molecule has 3 aromatic heterocycles. The average Bonchev–Trinajstić information content (AvgIpc) is 4.01. The predicted molar refractivity (Wildman–Crippen MR) is 258 cm³/mol. The summed E-state index contributed by atoms with van der Waals surface area (Å²) in [5.74, 6) is 0.592. The molecule has 5 nitrogen and oxygen atoms in total. The lowest BCUT2D eigenvalue weighted by Crippen LogP contribution is -2.42. The number of aromatic nitrogens is 2. The van der Waals surface area contributed by atoms with Gasteiger partial charge in [-0.3, -0.25) is 4.57 Å². The molecule has 0 fully saturated rings. The summed E-state index contributed by atoms with van der Waals surface area (Å²) in [5.41, 5.74) is 12.8. The van der Waals surface area contributed by atoms with Crippen molar-refractivity contribution in [1.82, 2.24) is 14.5 Å². The molecule has 0 radical (unpaired) electrons. The molecule has 8 aromatic carbocycles. The van der Waals surface area contributed by atoms with Crippen molar-refractivity contribution in [3.63, 3.8) is 0 Å². The van der Waals surface area contributed by atoms with Crippen LogP contribution in [0.3, 0.4) is 0 Å². The normalized spacial score (nSPS) is 15.2. The highest BCUT2D eigenvalue weighted by Crippen LogP contribution is 2.42. The molecule has 0 amide bonds. The first-order valence-electron chi connectivity index (χ1n) is 21.6. The number of aliphatic imine (C=N–C) groups is 1. The Kier molecular flexibility index (Phi) is 8.06. The highest BCUT2D eigenvalue weighted by Gasteiger charge is 2.31. The number of furan rings is 1. The predicted octanol–water partition coefficient (Wildman–Crippen LogP) is 14.9. The van der Waals surface area contributed by atoms with Gasteiger partial charge in [0, 0.05) is 49.1 Å².